The van der Waals surface area contributed by atoms with Crippen LogP contribution in [-0.4, -0.2) is 77.7 Å². The average molecular weight is 318 g/mol. The van der Waals surface area contributed by atoms with Crippen molar-refractivity contribution in [3.05, 3.63) is 0 Å². The fourth-order valence-electron chi connectivity index (χ4n) is 2.38. The van der Waals surface area contributed by atoms with Crippen molar-refractivity contribution in [2.45, 2.75) is 25.7 Å². The van der Waals surface area contributed by atoms with E-state index in [0.29, 0.717) is 0 Å². The molecule has 2 heterocycles. The van der Waals surface area contributed by atoms with Crippen LogP contribution in [0.4, 0.5) is 17.3 Å². The Morgan fingerprint density at radius 2 is 0.762 bits per heavy atom. The highest BCUT2D eigenvalue weighted by atomic mass is 19.5. The Bertz CT molecular complexity index is 219. The maximum absolute atomic E-state index is 9.75. The van der Waals surface area contributed by atoms with Gasteiger partial charge in [-0.2, -0.15) is 7.11 Å². The molecule has 0 amide bonds. The highest BCUT2D eigenvalue weighted by Gasteiger charge is 2.21. The van der Waals surface area contributed by atoms with Gasteiger partial charge < -0.3 is 31.3 Å². The third-order valence-corrected chi connectivity index (χ3v) is 3.55. The molecule has 0 aromatic rings. The van der Waals surface area contributed by atoms with E-state index in [9.17, 15) is 17.3 Å². The minimum Gasteiger partial charge on any atom is -0.857 e. The van der Waals surface area contributed by atoms with Gasteiger partial charge in [0.1, 0.15) is 0 Å². The van der Waals surface area contributed by atoms with Crippen LogP contribution in [0.3, 0.4) is 0 Å². The summed E-state index contributed by atoms with van der Waals surface area (Å²) in [5, 5.41) is 8.25. The van der Waals surface area contributed by atoms with E-state index in [-0.39, 0.29) is 0 Å². The summed E-state index contributed by atoms with van der Waals surface area (Å²) in [6, 6.07) is 0. The molecule has 0 saturated carbocycles. The van der Waals surface area contributed by atoms with Gasteiger partial charge in [0.2, 0.25) is 0 Å². The topological polar surface area (TPSA) is 23.1 Å². The van der Waals surface area contributed by atoms with Crippen LogP contribution in [-0.2, 0) is 0 Å². The molecule has 0 unspecified atom stereocenters. The zero-order valence-electron chi connectivity index (χ0n) is 14.0. The zero-order valence-corrected chi connectivity index (χ0v) is 14.0. The lowest BCUT2D eigenvalue weighted by Gasteiger charge is -2.21. The van der Waals surface area contributed by atoms with Crippen LogP contribution in [0.2, 0.25) is 0 Å². The first-order valence-electron chi connectivity index (χ1n) is 7.33. The molecule has 0 N–H and O–H groups in total. The quantitative estimate of drug-likeness (QED) is 0.381. The van der Waals surface area contributed by atoms with E-state index in [0.717, 1.165) is 7.11 Å². The second-order valence-corrected chi connectivity index (χ2v) is 6.67. The predicted molar refractivity (Wildman–Crippen MR) is 78.3 cm³/mol. The van der Waals surface area contributed by atoms with Crippen molar-refractivity contribution in [3.63, 3.8) is 0 Å². The molecule has 2 rings (SSSR count). The Morgan fingerprint density at radius 1 is 0.619 bits per heavy atom. The number of quaternary nitrogens is 2. The normalized spacial score (nSPS) is 22.0. The van der Waals surface area contributed by atoms with Gasteiger partial charge in [-0.1, -0.05) is 0 Å². The molecule has 2 aliphatic heterocycles. The van der Waals surface area contributed by atoms with Crippen LogP contribution in [0.25, 0.3) is 0 Å². The van der Waals surface area contributed by atoms with E-state index in [1.807, 2.05) is 0 Å². The van der Waals surface area contributed by atoms with Crippen molar-refractivity contribution in [1.82, 2.24) is 0 Å². The Hall–Kier alpha value is -0.335. The van der Waals surface area contributed by atoms with Gasteiger partial charge in [-0.25, -0.2) is 0 Å². The number of hydrogen-bond donors (Lipinski definition) is 0. The summed E-state index contributed by atoms with van der Waals surface area (Å²) in [5.74, 6) is 0. The van der Waals surface area contributed by atoms with Crippen molar-refractivity contribution in [2.75, 3.05) is 61.5 Å². The fraction of sp³-hybridized carbons (Fsp3) is 1.00. The average Bonchev–Trinajstić information content (AvgIpc) is 2.88. The monoisotopic (exact) mass is 318 g/mol. The third kappa shape index (κ3) is 19.7. The van der Waals surface area contributed by atoms with Gasteiger partial charge in [-0.15, -0.1) is 0 Å². The summed E-state index contributed by atoms with van der Waals surface area (Å²) in [7, 11) is 3.94. The summed E-state index contributed by atoms with van der Waals surface area (Å²) in [5.41, 5.74) is 0. The van der Waals surface area contributed by atoms with E-state index in [4.69, 9.17) is 5.11 Å². The van der Waals surface area contributed by atoms with Crippen LogP contribution in [0.1, 0.15) is 25.7 Å². The van der Waals surface area contributed by atoms with Gasteiger partial charge in [0, 0.05) is 25.7 Å². The van der Waals surface area contributed by atoms with Crippen molar-refractivity contribution in [3.8, 4) is 0 Å². The molecule has 2 fully saturated rings. The van der Waals surface area contributed by atoms with Crippen LogP contribution in [0, 0.1) is 0 Å². The summed E-state index contributed by atoms with van der Waals surface area (Å²) in [6.45, 7) is 5.56. The van der Waals surface area contributed by atoms with E-state index < -0.39 is 7.25 Å². The molecule has 0 aromatic carbocycles. The fourth-order valence-corrected chi connectivity index (χ4v) is 2.38. The lowest BCUT2D eigenvalue weighted by atomic mass is 10.3. The first-order valence-corrected chi connectivity index (χ1v) is 7.33. The molecule has 0 atom stereocenters. The summed E-state index contributed by atoms with van der Waals surface area (Å²) in [6.07, 6.45) is 5.75. The van der Waals surface area contributed by atoms with Gasteiger partial charge in [0.15, 0.2) is 0 Å². The Balaban J connectivity index is 0. The maximum atomic E-state index is 9.75. The molecule has 0 aliphatic carbocycles. The molecule has 0 spiro atoms. The minimum atomic E-state index is -6.00. The van der Waals surface area contributed by atoms with Gasteiger partial charge in [0.05, 0.1) is 54.4 Å². The predicted octanol–water partition coefficient (Wildman–Crippen LogP) is 1.99. The van der Waals surface area contributed by atoms with Crippen LogP contribution < -0.4 is 5.11 Å². The van der Waals surface area contributed by atoms with Crippen LogP contribution in [0.5, 0.6) is 0 Å². The molecular formula is C13H31BF4N2O. The second-order valence-electron chi connectivity index (χ2n) is 6.67. The van der Waals surface area contributed by atoms with E-state index >= 15 is 0 Å². The molecule has 0 bridgehead atoms. The highest BCUT2D eigenvalue weighted by Crippen LogP contribution is 2.12. The van der Waals surface area contributed by atoms with Crippen molar-refractivity contribution >= 4 is 7.25 Å². The summed E-state index contributed by atoms with van der Waals surface area (Å²) in [4.78, 5) is 0. The van der Waals surface area contributed by atoms with Crippen molar-refractivity contribution in [2.24, 2.45) is 0 Å². The molecule has 21 heavy (non-hydrogen) atoms. The molecule has 3 nitrogen and oxygen atoms in total. The van der Waals surface area contributed by atoms with Gasteiger partial charge in [-0.3, -0.25) is 0 Å². The molecule has 0 radical (unpaired) electrons. The Kier molecular flexibility index (Phi) is 11.4. The molecule has 0 aromatic heterocycles. The lowest BCUT2D eigenvalue weighted by Crippen LogP contribution is -2.35. The number of halogens is 4. The van der Waals surface area contributed by atoms with Crippen LogP contribution >= 0.6 is 0 Å². The van der Waals surface area contributed by atoms with Gasteiger partial charge in [-0.05, 0) is 0 Å². The zero-order chi connectivity index (χ0) is 17.2. The molecular weight excluding hydrogens is 287 g/mol. The smallest absolute Gasteiger partial charge is 0.673 e. The number of likely N-dealkylation sites (tertiary alicyclic amines) is 2. The SMILES string of the molecule is C[N+]1(C)CCCC1.C[N+]1(C)CCCC1.C[O-].F[B-](F)(F)F. The first-order chi connectivity index (χ1) is 9.41. The lowest BCUT2D eigenvalue weighted by molar-refractivity contribution is -0.877. The third-order valence-electron chi connectivity index (χ3n) is 3.55. The van der Waals surface area contributed by atoms with Gasteiger partial charge in [0.25, 0.3) is 0 Å². The molecule has 130 valence electrons. The van der Waals surface area contributed by atoms with E-state index in [1.165, 1.54) is 60.8 Å². The largest absolute Gasteiger partial charge is 0.857 e. The number of hydrogen-bond acceptors (Lipinski definition) is 1. The highest BCUT2D eigenvalue weighted by molar-refractivity contribution is 6.50. The van der Waals surface area contributed by atoms with E-state index in [2.05, 4.69) is 28.2 Å². The number of rotatable bonds is 0. The van der Waals surface area contributed by atoms with Crippen molar-refractivity contribution < 1.29 is 31.3 Å². The Morgan fingerprint density at radius 3 is 0.810 bits per heavy atom. The van der Waals surface area contributed by atoms with E-state index in [1.54, 1.807) is 0 Å². The summed E-state index contributed by atoms with van der Waals surface area (Å²) < 4.78 is 41.5. The minimum absolute atomic E-state index is 0.750. The van der Waals surface area contributed by atoms with Gasteiger partial charge >= 0.3 is 7.25 Å². The Labute approximate surface area is 126 Å². The second kappa shape index (κ2) is 10.4. The number of nitrogens with zero attached hydrogens (tertiary/aromatic N) is 2. The molecule has 8 heteroatoms. The van der Waals surface area contributed by atoms with Crippen molar-refractivity contribution in [1.29, 1.82) is 0 Å². The van der Waals surface area contributed by atoms with Crippen LogP contribution in [0.15, 0.2) is 0 Å². The maximum Gasteiger partial charge on any atom is 0.673 e. The molecule has 2 saturated heterocycles. The standard InChI is InChI=1S/2C6H14N.CH3O.BF4/c2*1-7(2)5-3-4-6-7;1-2;2-1(3,4)5/h2*3-6H2,1-2H3;1H3;/q2*+1;2*-1. The summed E-state index contributed by atoms with van der Waals surface area (Å²) >= 11 is 0. The first kappa shape index (κ1) is 22.9. The molecule has 2 aliphatic rings.